The van der Waals surface area contributed by atoms with Gasteiger partial charge in [-0.2, -0.15) is 5.10 Å². The van der Waals surface area contributed by atoms with E-state index in [-0.39, 0.29) is 12.7 Å². The summed E-state index contributed by atoms with van der Waals surface area (Å²) in [6.45, 7) is 1.32. The molecular formula is C20H18N4O3. The highest BCUT2D eigenvalue weighted by Gasteiger charge is 2.12. The molecule has 0 radical (unpaired) electrons. The molecule has 0 fully saturated rings. The predicted molar refractivity (Wildman–Crippen MR) is 100 cm³/mol. The second-order valence-electron chi connectivity index (χ2n) is 5.94. The molecule has 1 aromatic carbocycles. The number of hydrogen-bond donors (Lipinski definition) is 1. The number of nitrogens with zero attached hydrogens (tertiary/aromatic N) is 3. The van der Waals surface area contributed by atoms with Crippen LogP contribution in [0.15, 0.2) is 61.1 Å². The number of nitrogens with one attached hydrogen (secondary N) is 1. The van der Waals surface area contributed by atoms with E-state index in [1.807, 2.05) is 42.6 Å². The Kier molecular flexibility index (Phi) is 4.82. The minimum atomic E-state index is -0.158. The van der Waals surface area contributed by atoms with E-state index in [9.17, 15) is 4.79 Å². The van der Waals surface area contributed by atoms with E-state index in [1.165, 1.54) is 6.08 Å². The van der Waals surface area contributed by atoms with Crippen LogP contribution in [0, 0.1) is 0 Å². The number of hydrogen-bond acceptors (Lipinski definition) is 5. The first-order chi connectivity index (χ1) is 13.3. The molecule has 0 saturated carbocycles. The average molecular weight is 362 g/mol. The lowest BCUT2D eigenvalue weighted by molar-refractivity contribution is -0.116. The maximum Gasteiger partial charge on any atom is 0.244 e. The van der Waals surface area contributed by atoms with Crippen LogP contribution in [0.5, 0.6) is 11.5 Å². The molecular weight excluding hydrogens is 344 g/mol. The van der Waals surface area contributed by atoms with E-state index in [2.05, 4.69) is 15.4 Å². The highest BCUT2D eigenvalue weighted by molar-refractivity contribution is 5.91. The fourth-order valence-electron chi connectivity index (χ4n) is 2.70. The Hall–Kier alpha value is -3.61. The zero-order valence-corrected chi connectivity index (χ0v) is 14.5. The van der Waals surface area contributed by atoms with Crippen LogP contribution in [0.1, 0.15) is 5.56 Å². The van der Waals surface area contributed by atoms with Crippen LogP contribution in [0.4, 0.5) is 0 Å². The van der Waals surface area contributed by atoms with Gasteiger partial charge >= 0.3 is 0 Å². The largest absolute Gasteiger partial charge is 0.454 e. The van der Waals surface area contributed by atoms with Crippen molar-refractivity contribution in [2.75, 3.05) is 13.3 Å². The number of aromatic nitrogens is 3. The first kappa shape index (κ1) is 16.8. The zero-order chi connectivity index (χ0) is 18.5. The Bertz CT molecular complexity index is 966. The second kappa shape index (κ2) is 7.74. The average Bonchev–Trinajstić information content (AvgIpc) is 3.36. The molecule has 1 amide bonds. The fourth-order valence-corrected chi connectivity index (χ4v) is 2.70. The van der Waals surface area contributed by atoms with Crippen LogP contribution in [0.3, 0.4) is 0 Å². The molecule has 0 atom stereocenters. The van der Waals surface area contributed by atoms with Crippen LogP contribution >= 0.6 is 0 Å². The number of benzene rings is 1. The Labute approximate surface area is 156 Å². The fraction of sp³-hybridized carbons (Fsp3) is 0.150. The number of carbonyl (C=O) groups excluding carboxylic acids is 1. The van der Waals surface area contributed by atoms with E-state index in [0.717, 1.165) is 22.6 Å². The molecule has 0 saturated heterocycles. The van der Waals surface area contributed by atoms with Gasteiger partial charge < -0.3 is 14.8 Å². The van der Waals surface area contributed by atoms with Crippen molar-refractivity contribution in [1.82, 2.24) is 20.1 Å². The molecule has 1 aliphatic heterocycles. The van der Waals surface area contributed by atoms with E-state index in [4.69, 9.17) is 9.47 Å². The molecule has 136 valence electrons. The Morgan fingerprint density at radius 2 is 2.00 bits per heavy atom. The van der Waals surface area contributed by atoms with Gasteiger partial charge in [0.05, 0.1) is 12.2 Å². The first-order valence-electron chi connectivity index (χ1n) is 8.57. The molecule has 0 aliphatic carbocycles. The van der Waals surface area contributed by atoms with Gasteiger partial charge in [0.2, 0.25) is 12.7 Å². The molecule has 1 N–H and O–H groups in total. The maximum atomic E-state index is 12.0. The summed E-state index contributed by atoms with van der Waals surface area (Å²) in [6, 6.07) is 11.3. The molecule has 3 heterocycles. The highest BCUT2D eigenvalue weighted by atomic mass is 16.7. The third-order valence-electron chi connectivity index (χ3n) is 4.08. The second-order valence-corrected chi connectivity index (χ2v) is 5.94. The number of amides is 1. The van der Waals surface area contributed by atoms with Crippen molar-refractivity contribution >= 4 is 12.0 Å². The van der Waals surface area contributed by atoms with Gasteiger partial charge in [0.1, 0.15) is 0 Å². The van der Waals surface area contributed by atoms with Crippen molar-refractivity contribution in [1.29, 1.82) is 0 Å². The summed E-state index contributed by atoms with van der Waals surface area (Å²) in [5.41, 5.74) is 2.77. The molecule has 0 unspecified atom stereocenters. The minimum Gasteiger partial charge on any atom is -0.454 e. The normalized spacial score (nSPS) is 12.4. The van der Waals surface area contributed by atoms with E-state index in [0.29, 0.717) is 18.8 Å². The van der Waals surface area contributed by atoms with Gasteiger partial charge in [0.15, 0.2) is 11.5 Å². The number of ether oxygens (including phenoxy) is 2. The summed E-state index contributed by atoms with van der Waals surface area (Å²) in [5, 5.41) is 7.35. The Balaban J connectivity index is 1.27. The third kappa shape index (κ3) is 4.14. The van der Waals surface area contributed by atoms with Crippen molar-refractivity contribution < 1.29 is 14.3 Å². The summed E-state index contributed by atoms with van der Waals surface area (Å²) in [5.74, 6) is 1.26. The van der Waals surface area contributed by atoms with Crippen molar-refractivity contribution in [2.24, 2.45) is 0 Å². The van der Waals surface area contributed by atoms with Crippen LogP contribution in [0.2, 0.25) is 0 Å². The van der Waals surface area contributed by atoms with E-state index in [1.54, 1.807) is 23.2 Å². The lowest BCUT2D eigenvalue weighted by Gasteiger charge is -2.03. The predicted octanol–water partition coefficient (Wildman–Crippen LogP) is 2.50. The van der Waals surface area contributed by atoms with Gasteiger partial charge in [-0.25, -0.2) is 0 Å². The SMILES string of the molecule is O=C(C=Cc1ccc2c(c1)OCO2)NCCn1ccc(-c2ccncc2)n1. The van der Waals surface area contributed by atoms with Gasteiger partial charge in [0.25, 0.3) is 0 Å². The number of pyridine rings is 1. The lowest BCUT2D eigenvalue weighted by Crippen LogP contribution is -2.25. The number of fused-ring (bicyclic) bond motifs is 1. The molecule has 2 aromatic heterocycles. The van der Waals surface area contributed by atoms with E-state index < -0.39 is 0 Å². The van der Waals surface area contributed by atoms with Gasteiger partial charge in [-0.15, -0.1) is 0 Å². The third-order valence-corrected chi connectivity index (χ3v) is 4.08. The van der Waals surface area contributed by atoms with Gasteiger partial charge in [-0.3, -0.25) is 14.5 Å². The molecule has 1 aliphatic rings. The summed E-state index contributed by atoms with van der Waals surface area (Å²) in [4.78, 5) is 16.0. The molecule has 0 bridgehead atoms. The van der Waals surface area contributed by atoms with Crippen LogP contribution in [-0.2, 0) is 11.3 Å². The summed E-state index contributed by atoms with van der Waals surface area (Å²) in [7, 11) is 0. The van der Waals surface area contributed by atoms with Crippen molar-refractivity contribution in [3.63, 3.8) is 0 Å². The Morgan fingerprint density at radius 3 is 2.89 bits per heavy atom. The molecule has 7 heteroatoms. The van der Waals surface area contributed by atoms with E-state index >= 15 is 0 Å². The van der Waals surface area contributed by atoms with Crippen molar-refractivity contribution in [3.05, 3.63) is 66.6 Å². The first-order valence-corrected chi connectivity index (χ1v) is 8.57. The van der Waals surface area contributed by atoms with Crippen molar-refractivity contribution in [3.8, 4) is 22.8 Å². The molecule has 0 spiro atoms. The molecule has 27 heavy (non-hydrogen) atoms. The highest BCUT2D eigenvalue weighted by Crippen LogP contribution is 2.32. The summed E-state index contributed by atoms with van der Waals surface area (Å²) in [6.07, 6.45) is 8.61. The number of carbonyl (C=O) groups is 1. The van der Waals surface area contributed by atoms with Crippen LogP contribution in [0.25, 0.3) is 17.3 Å². The monoisotopic (exact) mass is 362 g/mol. The molecule has 3 aromatic rings. The molecule has 4 rings (SSSR count). The molecule has 7 nitrogen and oxygen atoms in total. The standard InChI is InChI=1S/C20H18N4O3/c25-20(4-2-15-1-3-18-19(13-15)27-14-26-18)22-10-12-24-11-7-17(23-24)16-5-8-21-9-6-16/h1-9,11,13H,10,12,14H2,(H,22,25). The van der Waals surface area contributed by atoms with Gasteiger partial charge in [0, 0.05) is 36.8 Å². The number of rotatable bonds is 6. The maximum absolute atomic E-state index is 12.0. The smallest absolute Gasteiger partial charge is 0.244 e. The minimum absolute atomic E-state index is 0.158. The van der Waals surface area contributed by atoms with Crippen LogP contribution < -0.4 is 14.8 Å². The zero-order valence-electron chi connectivity index (χ0n) is 14.5. The Morgan fingerprint density at radius 1 is 1.15 bits per heavy atom. The quantitative estimate of drug-likeness (QED) is 0.682. The topological polar surface area (TPSA) is 78.3 Å². The summed E-state index contributed by atoms with van der Waals surface area (Å²) >= 11 is 0. The lowest BCUT2D eigenvalue weighted by atomic mass is 10.2. The van der Waals surface area contributed by atoms with Crippen molar-refractivity contribution in [2.45, 2.75) is 6.54 Å². The van der Waals surface area contributed by atoms with Gasteiger partial charge in [-0.05, 0) is 42.0 Å². The summed E-state index contributed by atoms with van der Waals surface area (Å²) < 4.78 is 12.4. The van der Waals surface area contributed by atoms with Crippen LogP contribution in [-0.4, -0.2) is 34.0 Å². The van der Waals surface area contributed by atoms with Gasteiger partial charge in [-0.1, -0.05) is 6.07 Å².